The monoisotopic (exact) mass is 455 g/mol. The summed E-state index contributed by atoms with van der Waals surface area (Å²) in [5, 5.41) is 2.88. The Bertz CT molecular complexity index is 1320. The number of rotatable bonds is 6. The van der Waals surface area contributed by atoms with Crippen molar-refractivity contribution in [2.45, 2.75) is 0 Å². The van der Waals surface area contributed by atoms with Crippen molar-refractivity contribution < 1.29 is 23.7 Å². The van der Waals surface area contributed by atoms with Crippen LogP contribution in [0.1, 0.15) is 10.4 Å². The molecule has 0 spiro atoms. The molecule has 1 aromatic heterocycles. The topological polar surface area (TPSA) is 91.8 Å². The van der Waals surface area contributed by atoms with Gasteiger partial charge in [-0.05, 0) is 36.4 Å². The van der Waals surface area contributed by atoms with Crippen LogP contribution in [0.3, 0.4) is 0 Å². The molecule has 2 heterocycles. The summed E-state index contributed by atoms with van der Waals surface area (Å²) in [6, 6.07) is 21.5. The molecule has 0 atom stereocenters. The van der Waals surface area contributed by atoms with Crippen molar-refractivity contribution in [1.82, 2.24) is 9.97 Å². The SMILES string of the molecule is COc1ccccc1Oc1cc(-c2ccc(C(=O)Nc3ccc4c(c3)OCCO4)cc2)ncn1. The molecular formula is C26H21N3O5. The van der Waals surface area contributed by atoms with E-state index in [4.69, 9.17) is 18.9 Å². The van der Waals surface area contributed by atoms with E-state index in [1.807, 2.05) is 30.3 Å². The summed E-state index contributed by atoms with van der Waals surface area (Å²) >= 11 is 0. The van der Waals surface area contributed by atoms with E-state index in [-0.39, 0.29) is 5.91 Å². The van der Waals surface area contributed by atoms with Crippen LogP contribution in [0.15, 0.2) is 79.1 Å². The molecule has 3 aromatic carbocycles. The molecule has 1 aliphatic heterocycles. The van der Waals surface area contributed by atoms with Crippen LogP contribution in [0.5, 0.6) is 28.9 Å². The highest BCUT2D eigenvalue weighted by Gasteiger charge is 2.14. The number of nitrogens with zero attached hydrogens (tertiary/aromatic N) is 2. The highest BCUT2D eigenvalue weighted by Crippen LogP contribution is 2.33. The Kier molecular flexibility index (Phi) is 5.94. The molecule has 1 N–H and O–H groups in total. The fraction of sp³-hybridized carbons (Fsp3) is 0.115. The fourth-order valence-electron chi connectivity index (χ4n) is 3.49. The van der Waals surface area contributed by atoms with Crippen LogP contribution in [-0.4, -0.2) is 36.2 Å². The molecule has 4 aromatic rings. The van der Waals surface area contributed by atoms with Gasteiger partial charge in [0.1, 0.15) is 19.5 Å². The van der Waals surface area contributed by atoms with Crippen LogP contribution in [0, 0.1) is 0 Å². The summed E-state index contributed by atoms with van der Waals surface area (Å²) < 4.78 is 22.3. The van der Waals surface area contributed by atoms with Crippen LogP contribution in [0.25, 0.3) is 11.3 Å². The fourth-order valence-corrected chi connectivity index (χ4v) is 3.49. The van der Waals surface area contributed by atoms with E-state index in [0.717, 1.165) is 5.56 Å². The van der Waals surface area contributed by atoms with E-state index in [2.05, 4.69) is 15.3 Å². The number of hydrogen-bond donors (Lipinski definition) is 1. The number of carbonyl (C=O) groups is 1. The van der Waals surface area contributed by atoms with Crippen molar-refractivity contribution in [3.63, 3.8) is 0 Å². The van der Waals surface area contributed by atoms with Crippen molar-refractivity contribution >= 4 is 11.6 Å². The highest BCUT2D eigenvalue weighted by molar-refractivity contribution is 6.04. The summed E-state index contributed by atoms with van der Waals surface area (Å²) in [5.41, 5.74) is 2.63. The van der Waals surface area contributed by atoms with Crippen LogP contribution in [0.4, 0.5) is 5.69 Å². The Morgan fingerprint density at radius 3 is 2.44 bits per heavy atom. The maximum Gasteiger partial charge on any atom is 0.255 e. The summed E-state index contributed by atoms with van der Waals surface area (Å²) in [5.74, 6) is 2.61. The van der Waals surface area contributed by atoms with Crippen LogP contribution in [-0.2, 0) is 0 Å². The third kappa shape index (κ3) is 4.61. The van der Waals surface area contributed by atoms with Gasteiger partial charge in [-0.25, -0.2) is 9.97 Å². The molecule has 1 amide bonds. The number of amides is 1. The largest absolute Gasteiger partial charge is 0.493 e. The number of fused-ring (bicyclic) bond motifs is 1. The normalized spacial score (nSPS) is 12.0. The number of ether oxygens (including phenoxy) is 4. The van der Waals surface area contributed by atoms with E-state index in [9.17, 15) is 4.79 Å². The zero-order chi connectivity index (χ0) is 23.3. The molecule has 34 heavy (non-hydrogen) atoms. The molecule has 5 rings (SSSR count). The molecule has 8 nitrogen and oxygen atoms in total. The lowest BCUT2D eigenvalue weighted by Crippen LogP contribution is -2.16. The predicted octanol–water partition coefficient (Wildman–Crippen LogP) is 4.97. The molecule has 1 aliphatic rings. The Balaban J connectivity index is 1.29. The number of nitrogens with one attached hydrogen (secondary N) is 1. The van der Waals surface area contributed by atoms with Gasteiger partial charge in [-0.1, -0.05) is 24.3 Å². The van der Waals surface area contributed by atoms with E-state index < -0.39 is 0 Å². The average molecular weight is 455 g/mol. The zero-order valence-electron chi connectivity index (χ0n) is 18.4. The average Bonchev–Trinajstić information content (AvgIpc) is 2.89. The Hall–Kier alpha value is -4.59. The molecule has 0 saturated heterocycles. The molecule has 8 heteroatoms. The van der Waals surface area contributed by atoms with Gasteiger partial charge in [-0.3, -0.25) is 4.79 Å². The first-order valence-electron chi connectivity index (χ1n) is 10.6. The van der Waals surface area contributed by atoms with Crippen LogP contribution >= 0.6 is 0 Å². The van der Waals surface area contributed by atoms with Crippen molar-refractivity contribution in [2.24, 2.45) is 0 Å². The molecular weight excluding hydrogens is 434 g/mol. The first kappa shape index (κ1) is 21.3. The van der Waals surface area contributed by atoms with Gasteiger partial charge < -0.3 is 24.3 Å². The molecule has 0 saturated carbocycles. The lowest BCUT2D eigenvalue weighted by atomic mass is 10.1. The lowest BCUT2D eigenvalue weighted by Gasteiger charge is -2.19. The summed E-state index contributed by atoms with van der Waals surface area (Å²) in [7, 11) is 1.58. The number of carbonyl (C=O) groups excluding carboxylic acids is 1. The lowest BCUT2D eigenvalue weighted by molar-refractivity contribution is 0.102. The third-order valence-electron chi connectivity index (χ3n) is 5.17. The minimum Gasteiger partial charge on any atom is -0.493 e. The van der Waals surface area contributed by atoms with Gasteiger partial charge >= 0.3 is 0 Å². The van der Waals surface area contributed by atoms with E-state index in [1.165, 1.54) is 6.33 Å². The number of methoxy groups -OCH3 is 1. The summed E-state index contributed by atoms with van der Waals surface area (Å²) in [6.45, 7) is 1.01. The zero-order valence-corrected chi connectivity index (χ0v) is 18.4. The number of anilines is 1. The minimum atomic E-state index is -0.230. The van der Waals surface area contributed by atoms with Crippen LogP contribution < -0.4 is 24.3 Å². The van der Waals surface area contributed by atoms with Crippen LogP contribution in [0.2, 0.25) is 0 Å². The predicted molar refractivity (Wildman–Crippen MR) is 126 cm³/mol. The van der Waals surface area contributed by atoms with E-state index in [1.54, 1.807) is 49.6 Å². The second-order valence-corrected chi connectivity index (χ2v) is 7.38. The summed E-state index contributed by atoms with van der Waals surface area (Å²) in [6.07, 6.45) is 1.43. The van der Waals surface area contributed by atoms with E-state index in [0.29, 0.717) is 59.0 Å². The van der Waals surface area contributed by atoms with Gasteiger partial charge in [0.2, 0.25) is 5.88 Å². The van der Waals surface area contributed by atoms with Gasteiger partial charge in [-0.2, -0.15) is 0 Å². The second-order valence-electron chi connectivity index (χ2n) is 7.38. The van der Waals surface area contributed by atoms with Gasteiger partial charge in [0, 0.05) is 28.9 Å². The van der Waals surface area contributed by atoms with Gasteiger partial charge in [0.05, 0.1) is 12.8 Å². The molecule has 0 fully saturated rings. The van der Waals surface area contributed by atoms with Crippen molar-refractivity contribution in [3.8, 4) is 40.1 Å². The van der Waals surface area contributed by atoms with Crippen molar-refractivity contribution in [2.75, 3.05) is 25.6 Å². The van der Waals surface area contributed by atoms with Gasteiger partial charge in [0.25, 0.3) is 5.91 Å². The minimum absolute atomic E-state index is 0.230. The first-order chi connectivity index (χ1) is 16.7. The first-order valence-corrected chi connectivity index (χ1v) is 10.6. The van der Waals surface area contributed by atoms with Gasteiger partial charge in [0.15, 0.2) is 23.0 Å². The Labute approximate surface area is 196 Å². The molecule has 0 aliphatic carbocycles. The molecule has 0 radical (unpaired) electrons. The van der Waals surface area contributed by atoms with E-state index >= 15 is 0 Å². The number of benzene rings is 3. The third-order valence-corrected chi connectivity index (χ3v) is 5.17. The number of para-hydroxylation sites is 2. The highest BCUT2D eigenvalue weighted by atomic mass is 16.6. The standard InChI is InChI=1S/C26H21N3O5/c1-31-21-4-2-3-5-23(21)34-25-15-20(27-16-28-25)17-6-8-18(9-7-17)26(30)29-19-10-11-22-24(14-19)33-13-12-32-22/h2-11,14-16H,12-13H2,1H3,(H,29,30). The molecule has 170 valence electrons. The Morgan fingerprint density at radius 1 is 0.882 bits per heavy atom. The maximum atomic E-state index is 12.7. The number of aromatic nitrogens is 2. The second kappa shape index (κ2) is 9.50. The van der Waals surface area contributed by atoms with Crippen molar-refractivity contribution in [3.05, 3.63) is 84.7 Å². The van der Waals surface area contributed by atoms with Crippen molar-refractivity contribution in [1.29, 1.82) is 0 Å². The summed E-state index contributed by atoms with van der Waals surface area (Å²) in [4.78, 5) is 21.2. The molecule has 0 bridgehead atoms. The quantitative estimate of drug-likeness (QED) is 0.439. The number of hydrogen-bond acceptors (Lipinski definition) is 7. The maximum absolute atomic E-state index is 12.7. The Morgan fingerprint density at radius 2 is 1.65 bits per heavy atom. The van der Waals surface area contributed by atoms with Gasteiger partial charge in [-0.15, -0.1) is 0 Å². The smallest absolute Gasteiger partial charge is 0.255 e. The molecule has 0 unspecified atom stereocenters.